The van der Waals surface area contributed by atoms with E-state index >= 15 is 0 Å². The van der Waals surface area contributed by atoms with Crippen LogP contribution in [-0.2, 0) is 6.18 Å². The highest BCUT2D eigenvalue weighted by molar-refractivity contribution is 5.89. The molecule has 0 aliphatic carbocycles. The number of anilines is 1. The number of aliphatic hydroxyl groups excluding tert-OH is 2. The standard InChI is InChI=1S/C11H13F3N2O3/c12-11(13,14)7-1-3-8(4-2-7)16-10(19)15-5-9(18)6-17/h1-4,9,17-18H,5-6H2,(H2,15,16,19). The predicted octanol–water partition coefficient (Wildman–Crippen LogP) is 1.18. The molecule has 1 aromatic carbocycles. The van der Waals surface area contributed by atoms with Crippen molar-refractivity contribution >= 4 is 11.7 Å². The van der Waals surface area contributed by atoms with Gasteiger partial charge in [-0.25, -0.2) is 4.79 Å². The lowest BCUT2D eigenvalue weighted by atomic mass is 10.2. The quantitative estimate of drug-likeness (QED) is 0.667. The number of carbonyl (C=O) groups is 1. The summed E-state index contributed by atoms with van der Waals surface area (Å²) >= 11 is 0. The Hall–Kier alpha value is -1.80. The van der Waals surface area contributed by atoms with Crippen molar-refractivity contribution < 1.29 is 28.2 Å². The second-order valence-electron chi connectivity index (χ2n) is 3.75. The molecule has 5 nitrogen and oxygen atoms in total. The molecule has 0 aromatic heterocycles. The monoisotopic (exact) mass is 278 g/mol. The zero-order valence-electron chi connectivity index (χ0n) is 9.74. The minimum atomic E-state index is -4.42. The molecule has 4 N–H and O–H groups in total. The molecule has 1 rings (SSSR count). The highest BCUT2D eigenvalue weighted by Gasteiger charge is 2.29. The van der Waals surface area contributed by atoms with Crippen LogP contribution in [0.5, 0.6) is 0 Å². The molecule has 106 valence electrons. The van der Waals surface area contributed by atoms with E-state index < -0.39 is 30.5 Å². The summed E-state index contributed by atoms with van der Waals surface area (Å²) in [6, 6.07) is 3.24. The van der Waals surface area contributed by atoms with Crippen molar-refractivity contribution in [3.8, 4) is 0 Å². The van der Waals surface area contributed by atoms with Crippen LogP contribution >= 0.6 is 0 Å². The molecule has 0 aliphatic heterocycles. The number of rotatable bonds is 4. The third-order valence-corrected chi connectivity index (χ3v) is 2.18. The number of amides is 2. The number of hydrogen-bond donors (Lipinski definition) is 4. The van der Waals surface area contributed by atoms with Gasteiger partial charge >= 0.3 is 12.2 Å². The SMILES string of the molecule is O=C(NCC(O)CO)Nc1ccc(C(F)(F)F)cc1. The van der Waals surface area contributed by atoms with Gasteiger partial charge in [0.05, 0.1) is 18.3 Å². The summed E-state index contributed by atoms with van der Waals surface area (Å²) in [5.41, 5.74) is -0.627. The number of alkyl halides is 3. The normalized spacial score (nSPS) is 12.9. The van der Waals surface area contributed by atoms with E-state index in [9.17, 15) is 18.0 Å². The number of aliphatic hydroxyl groups is 2. The first-order valence-electron chi connectivity index (χ1n) is 5.34. The largest absolute Gasteiger partial charge is 0.416 e. The minimum Gasteiger partial charge on any atom is -0.394 e. The summed E-state index contributed by atoms with van der Waals surface area (Å²) in [6.07, 6.45) is -5.51. The molecule has 0 fully saturated rings. The van der Waals surface area contributed by atoms with Gasteiger partial charge in [0, 0.05) is 12.2 Å². The minimum absolute atomic E-state index is 0.164. The number of hydrogen-bond acceptors (Lipinski definition) is 3. The zero-order valence-corrected chi connectivity index (χ0v) is 9.74. The topological polar surface area (TPSA) is 81.6 Å². The van der Waals surface area contributed by atoms with Crippen LogP contribution in [0.25, 0.3) is 0 Å². The molecular weight excluding hydrogens is 265 g/mol. The van der Waals surface area contributed by atoms with Gasteiger partial charge in [-0.3, -0.25) is 0 Å². The summed E-state index contributed by atoms with van der Waals surface area (Å²) in [5.74, 6) is 0. The van der Waals surface area contributed by atoms with Crippen molar-refractivity contribution in [3.05, 3.63) is 29.8 Å². The van der Waals surface area contributed by atoms with E-state index in [2.05, 4.69) is 10.6 Å². The third kappa shape index (κ3) is 5.14. The second kappa shape index (κ2) is 6.39. The third-order valence-electron chi connectivity index (χ3n) is 2.18. The first-order chi connectivity index (χ1) is 8.82. The van der Waals surface area contributed by atoms with Crippen molar-refractivity contribution in [2.75, 3.05) is 18.5 Å². The second-order valence-corrected chi connectivity index (χ2v) is 3.75. The van der Waals surface area contributed by atoms with Crippen LogP contribution in [0.2, 0.25) is 0 Å². The molecule has 1 unspecified atom stereocenters. The van der Waals surface area contributed by atoms with E-state index in [0.29, 0.717) is 0 Å². The van der Waals surface area contributed by atoms with Crippen molar-refractivity contribution in [2.45, 2.75) is 12.3 Å². The maximum absolute atomic E-state index is 12.3. The maximum Gasteiger partial charge on any atom is 0.416 e. The number of nitrogens with one attached hydrogen (secondary N) is 2. The number of benzene rings is 1. The molecule has 0 saturated heterocycles. The number of carbonyl (C=O) groups excluding carboxylic acids is 1. The first-order valence-corrected chi connectivity index (χ1v) is 5.34. The van der Waals surface area contributed by atoms with Crippen LogP contribution < -0.4 is 10.6 Å². The Kier molecular flexibility index (Phi) is 5.13. The highest BCUT2D eigenvalue weighted by atomic mass is 19.4. The van der Waals surface area contributed by atoms with Gasteiger partial charge < -0.3 is 20.8 Å². The molecular formula is C11H13F3N2O3. The average molecular weight is 278 g/mol. The van der Waals surface area contributed by atoms with Crippen molar-refractivity contribution in [1.82, 2.24) is 5.32 Å². The average Bonchev–Trinajstić information content (AvgIpc) is 2.35. The van der Waals surface area contributed by atoms with Crippen LogP contribution in [0.3, 0.4) is 0 Å². The van der Waals surface area contributed by atoms with Gasteiger partial charge in [0.15, 0.2) is 0 Å². The maximum atomic E-state index is 12.3. The lowest BCUT2D eigenvalue weighted by Crippen LogP contribution is -2.36. The molecule has 0 spiro atoms. The summed E-state index contributed by atoms with van der Waals surface area (Å²) < 4.78 is 36.8. The van der Waals surface area contributed by atoms with Crippen LogP contribution in [-0.4, -0.2) is 35.5 Å². The molecule has 1 aromatic rings. The molecule has 1 atom stereocenters. The molecule has 0 saturated carbocycles. The predicted molar refractivity (Wildman–Crippen MR) is 61.6 cm³/mol. The summed E-state index contributed by atoms with van der Waals surface area (Å²) in [7, 11) is 0. The molecule has 2 amide bonds. The number of halogens is 3. The summed E-state index contributed by atoms with van der Waals surface area (Å²) in [4.78, 5) is 11.3. The van der Waals surface area contributed by atoms with E-state index in [1.54, 1.807) is 0 Å². The molecule has 19 heavy (non-hydrogen) atoms. The Labute approximate surface area is 107 Å². The Balaban J connectivity index is 2.51. The van der Waals surface area contributed by atoms with Gasteiger partial charge in [-0.1, -0.05) is 0 Å². The van der Waals surface area contributed by atoms with Crippen LogP contribution in [0.4, 0.5) is 23.7 Å². The van der Waals surface area contributed by atoms with Gasteiger partial charge in [0.25, 0.3) is 0 Å². The Bertz CT molecular complexity index is 420. The van der Waals surface area contributed by atoms with Crippen LogP contribution in [0.1, 0.15) is 5.56 Å². The van der Waals surface area contributed by atoms with Crippen LogP contribution in [0, 0.1) is 0 Å². The lowest BCUT2D eigenvalue weighted by molar-refractivity contribution is -0.137. The summed E-state index contributed by atoms with van der Waals surface area (Å²) in [5, 5.41) is 22.0. The Morgan fingerprint density at radius 2 is 1.84 bits per heavy atom. The van der Waals surface area contributed by atoms with Gasteiger partial charge in [-0.05, 0) is 24.3 Å². The van der Waals surface area contributed by atoms with Crippen LogP contribution in [0.15, 0.2) is 24.3 Å². The van der Waals surface area contributed by atoms with Crippen molar-refractivity contribution in [1.29, 1.82) is 0 Å². The van der Waals surface area contributed by atoms with Crippen molar-refractivity contribution in [3.63, 3.8) is 0 Å². The van der Waals surface area contributed by atoms with Gasteiger partial charge in [0.2, 0.25) is 0 Å². The first kappa shape index (κ1) is 15.3. The smallest absolute Gasteiger partial charge is 0.394 e. The fraction of sp³-hybridized carbons (Fsp3) is 0.364. The molecule has 0 radical (unpaired) electrons. The van der Waals surface area contributed by atoms with E-state index in [4.69, 9.17) is 10.2 Å². The van der Waals surface area contributed by atoms with Gasteiger partial charge in [-0.2, -0.15) is 13.2 Å². The molecule has 8 heteroatoms. The molecule has 0 bridgehead atoms. The lowest BCUT2D eigenvalue weighted by Gasteiger charge is -2.11. The Morgan fingerprint density at radius 1 is 1.26 bits per heavy atom. The highest BCUT2D eigenvalue weighted by Crippen LogP contribution is 2.29. The van der Waals surface area contributed by atoms with E-state index in [1.807, 2.05) is 0 Å². The van der Waals surface area contributed by atoms with Crippen molar-refractivity contribution in [2.24, 2.45) is 0 Å². The number of urea groups is 1. The van der Waals surface area contributed by atoms with E-state index in [-0.39, 0.29) is 12.2 Å². The Morgan fingerprint density at radius 3 is 2.32 bits per heavy atom. The summed E-state index contributed by atoms with van der Waals surface area (Å²) in [6.45, 7) is -0.663. The van der Waals surface area contributed by atoms with E-state index in [0.717, 1.165) is 24.3 Å². The zero-order chi connectivity index (χ0) is 14.5. The molecule has 0 heterocycles. The van der Waals surface area contributed by atoms with Gasteiger partial charge in [-0.15, -0.1) is 0 Å². The molecule has 0 aliphatic rings. The van der Waals surface area contributed by atoms with Gasteiger partial charge in [0.1, 0.15) is 0 Å². The fourth-order valence-corrected chi connectivity index (χ4v) is 1.19. The van der Waals surface area contributed by atoms with E-state index in [1.165, 1.54) is 0 Å². The fourth-order valence-electron chi connectivity index (χ4n) is 1.19.